The van der Waals surface area contributed by atoms with E-state index >= 15 is 0 Å². The third-order valence-corrected chi connectivity index (χ3v) is 4.91. The van der Waals surface area contributed by atoms with Crippen molar-refractivity contribution >= 4 is 24.2 Å². The number of nitrogens with two attached hydrogens (primary N) is 1. The van der Waals surface area contributed by atoms with E-state index in [9.17, 15) is 9.59 Å². The molecular formula is C13H26N4O2S. The van der Waals surface area contributed by atoms with Crippen molar-refractivity contribution in [3.63, 3.8) is 0 Å². The number of rotatable bonds is 7. The van der Waals surface area contributed by atoms with Gasteiger partial charge in [0.1, 0.15) is 0 Å². The molecule has 2 saturated heterocycles. The SMILES string of the molecule is CCCCCC1SCC2NC(=O)NC21.NCCNC=O. The number of carbonyl (C=O) groups is 2. The Morgan fingerprint density at radius 2 is 2.25 bits per heavy atom. The highest BCUT2D eigenvalue weighted by molar-refractivity contribution is 8.00. The van der Waals surface area contributed by atoms with E-state index in [2.05, 4.69) is 22.9 Å². The summed E-state index contributed by atoms with van der Waals surface area (Å²) in [7, 11) is 0. The Morgan fingerprint density at radius 3 is 2.85 bits per heavy atom. The largest absolute Gasteiger partial charge is 0.357 e. The van der Waals surface area contributed by atoms with E-state index in [1.165, 1.54) is 25.7 Å². The molecule has 7 heteroatoms. The first kappa shape index (κ1) is 17.1. The Bertz CT molecular complexity index is 304. The van der Waals surface area contributed by atoms with Gasteiger partial charge in [-0.2, -0.15) is 11.8 Å². The molecule has 0 radical (unpaired) electrons. The first-order chi connectivity index (χ1) is 9.72. The summed E-state index contributed by atoms with van der Waals surface area (Å²) in [4.78, 5) is 20.5. The smallest absolute Gasteiger partial charge is 0.315 e. The number of unbranched alkanes of at least 4 members (excludes halogenated alkanes) is 2. The molecule has 20 heavy (non-hydrogen) atoms. The van der Waals surface area contributed by atoms with Gasteiger partial charge < -0.3 is 21.7 Å². The lowest BCUT2D eigenvalue weighted by Gasteiger charge is -2.16. The Labute approximate surface area is 125 Å². The summed E-state index contributed by atoms with van der Waals surface area (Å²) in [6, 6.07) is 0.810. The van der Waals surface area contributed by atoms with E-state index in [-0.39, 0.29) is 6.03 Å². The van der Waals surface area contributed by atoms with Crippen molar-refractivity contribution < 1.29 is 9.59 Å². The number of nitrogens with one attached hydrogen (secondary N) is 3. The molecule has 3 amide bonds. The van der Waals surface area contributed by atoms with Crippen LogP contribution >= 0.6 is 11.8 Å². The maximum absolute atomic E-state index is 11.1. The van der Waals surface area contributed by atoms with Crippen LogP contribution in [0.4, 0.5) is 4.79 Å². The lowest BCUT2D eigenvalue weighted by molar-refractivity contribution is -0.109. The van der Waals surface area contributed by atoms with Gasteiger partial charge in [0.2, 0.25) is 6.41 Å². The lowest BCUT2D eigenvalue weighted by Crippen LogP contribution is -2.36. The predicted molar refractivity (Wildman–Crippen MR) is 82.8 cm³/mol. The minimum Gasteiger partial charge on any atom is -0.357 e. The second kappa shape index (κ2) is 9.88. The van der Waals surface area contributed by atoms with Gasteiger partial charge in [-0.25, -0.2) is 4.79 Å². The van der Waals surface area contributed by atoms with Gasteiger partial charge >= 0.3 is 6.03 Å². The number of thioether (sulfide) groups is 1. The maximum Gasteiger partial charge on any atom is 0.315 e. The molecular weight excluding hydrogens is 276 g/mol. The summed E-state index contributed by atoms with van der Waals surface area (Å²) >= 11 is 2.01. The number of urea groups is 1. The topological polar surface area (TPSA) is 96.2 Å². The molecule has 5 N–H and O–H groups in total. The van der Waals surface area contributed by atoms with Crippen molar-refractivity contribution in [2.24, 2.45) is 5.73 Å². The summed E-state index contributed by atoms with van der Waals surface area (Å²) < 4.78 is 0. The zero-order valence-electron chi connectivity index (χ0n) is 12.1. The molecule has 0 spiro atoms. The molecule has 0 aliphatic carbocycles. The van der Waals surface area contributed by atoms with Crippen LogP contribution in [-0.4, -0.2) is 48.6 Å². The van der Waals surface area contributed by atoms with Crippen molar-refractivity contribution in [2.45, 2.75) is 49.9 Å². The monoisotopic (exact) mass is 302 g/mol. The standard InChI is InChI=1S/C10H18N2OS.C3H8N2O/c1-2-3-4-5-8-9-7(6-14-8)11-10(13)12-9;4-1-2-5-3-6/h7-9H,2-6H2,1H3,(H2,11,12,13);3H,1-2,4H2,(H,5,6). The van der Waals surface area contributed by atoms with Crippen molar-refractivity contribution in [1.82, 2.24) is 16.0 Å². The zero-order valence-corrected chi connectivity index (χ0v) is 12.9. The van der Waals surface area contributed by atoms with E-state index in [4.69, 9.17) is 5.73 Å². The second-order valence-electron chi connectivity index (χ2n) is 4.98. The molecule has 2 fully saturated rings. The molecule has 2 heterocycles. The van der Waals surface area contributed by atoms with Crippen LogP contribution in [0, 0.1) is 0 Å². The van der Waals surface area contributed by atoms with Crippen LogP contribution in [0.25, 0.3) is 0 Å². The average Bonchev–Trinajstić information content (AvgIpc) is 2.97. The molecule has 6 nitrogen and oxygen atoms in total. The van der Waals surface area contributed by atoms with Gasteiger partial charge in [0, 0.05) is 24.1 Å². The Hall–Kier alpha value is -0.950. The van der Waals surface area contributed by atoms with Gasteiger partial charge in [-0.1, -0.05) is 26.2 Å². The molecule has 2 aliphatic rings. The van der Waals surface area contributed by atoms with Crippen molar-refractivity contribution in [1.29, 1.82) is 0 Å². The van der Waals surface area contributed by atoms with Gasteiger partial charge in [-0.15, -0.1) is 0 Å². The average molecular weight is 302 g/mol. The van der Waals surface area contributed by atoms with E-state index in [1.807, 2.05) is 11.8 Å². The van der Waals surface area contributed by atoms with Gasteiger partial charge in [0.25, 0.3) is 0 Å². The lowest BCUT2D eigenvalue weighted by atomic mass is 10.0. The fourth-order valence-corrected chi connectivity index (χ4v) is 3.92. The normalized spacial score (nSPS) is 26.9. The van der Waals surface area contributed by atoms with Crippen LogP contribution in [0.3, 0.4) is 0 Å². The number of fused-ring (bicyclic) bond motifs is 1. The molecule has 0 aromatic heterocycles. The summed E-state index contributed by atoms with van der Waals surface area (Å²) in [5.74, 6) is 1.08. The fraction of sp³-hybridized carbons (Fsp3) is 0.846. The first-order valence-electron chi connectivity index (χ1n) is 7.28. The Morgan fingerprint density at radius 1 is 1.45 bits per heavy atom. The highest BCUT2D eigenvalue weighted by Gasteiger charge is 2.42. The molecule has 116 valence electrons. The zero-order chi connectivity index (χ0) is 14.8. The molecule has 0 bridgehead atoms. The highest BCUT2D eigenvalue weighted by atomic mass is 32.2. The first-order valence-corrected chi connectivity index (χ1v) is 8.33. The fourth-order valence-electron chi connectivity index (χ4n) is 2.38. The molecule has 2 rings (SSSR count). The van der Waals surface area contributed by atoms with Crippen molar-refractivity contribution in [2.75, 3.05) is 18.8 Å². The minimum absolute atomic E-state index is 0.0285. The van der Waals surface area contributed by atoms with Gasteiger partial charge in [-0.3, -0.25) is 4.79 Å². The van der Waals surface area contributed by atoms with Crippen LogP contribution < -0.4 is 21.7 Å². The molecule has 0 saturated carbocycles. The number of hydrogen-bond donors (Lipinski definition) is 4. The number of carbonyl (C=O) groups excluding carboxylic acids is 2. The minimum atomic E-state index is 0.0285. The van der Waals surface area contributed by atoms with Gasteiger partial charge in [0.15, 0.2) is 0 Å². The van der Waals surface area contributed by atoms with Crippen LogP contribution in [0.1, 0.15) is 32.6 Å². The van der Waals surface area contributed by atoms with Gasteiger partial charge in [0.05, 0.1) is 12.1 Å². The third kappa shape index (κ3) is 5.58. The van der Waals surface area contributed by atoms with E-state index in [0.717, 1.165) is 5.75 Å². The van der Waals surface area contributed by atoms with Crippen LogP contribution in [0.2, 0.25) is 0 Å². The summed E-state index contributed by atoms with van der Waals surface area (Å²) in [5, 5.41) is 9.02. The van der Waals surface area contributed by atoms with E-state index in [0.29, 0.717) is 36.8 Å². The molecule has 3 atom stereocenters. The quantitative estimate of drug-likeness (QED) is 0.311. The molecule has 0 aromatic rings. The third-order valence-electron chi connectivity index (χ3n) is 3.40. The van der Waals surface area contributed by atoms with Gasteiger partial charge in [-0.05, 0) is 6.42 Å². The summed E-state index contributed by atoms with van der Waals surface area (Å²) in [6.07, 6.45) is 5.77. The van der Waals surface area contributed by atoms with Crippen LogP contribution in [-0.2, 0) is 4.79 Å². The summed E-state index contributed by atoms with van der Waals surface area (Å²) in [5.41, 5.74) is 4.99. The maximum atomic E-state index is 11.1. The summed E-state index contributed by atoms with van der Waals surface area (Å²) in [6.45, 7) is 3.31. The van der Waals surface area contributed by atoms with Crippen LogP contribution in [0.15, 0.2) is 0 Å². The molecule has 2 aliphatic heterocycles. The van der Waals surface area contributed by atoms with Crippen LogP contribution in [0.5, 0.6) is 0 Å². The number of hydrogen-bond acceptors (Lipinski definition) is 4. The number of amides is 3. The van der Waals surface area contributed by atoms with E-state index in [1.54, 1.807) is 0 Å². The van der Waals surface area contributed by atoms with Crippen molar-refractivity contribution in [3.05, 3.63) is 0 Å². The molecule has 3 unspecified atom stereocenters. The predicted octanol–water partition coefficient (Wildman–Crippen LogP) is 0.423. The second-order valence-corrected chi connectivity index (χ2v) is 6.25. The highest BCUT2D eigenvalue weighted by Crippen LogP contribution is 2.33. The molecule has 0 aromatic carbocycles. The van der Waals surface area contributed by atoms with Crippen molar-refractivity contribution in [3.8, 4) is 0 Å². The van der Waals surface area contributed by atoms with E-state index < -0.39 is 0 Å². The Kier molecular flexibility index (Phi) is 8.45. The Balaban J connectivity index is 0.000000286.